The average molecular weight is 481 g/mol. The number of nitrogens with one attached hydrogen (secondary N) is 2. The number of amides is 1. The Hall–Kier alpha value is -3.16. The first-order valence-electron chi connectivity index (χ1n) is 11.6. The summed E-state index contributed by atoms with van der Waals surface area (Å²) in [5, 5.41) is 3.19. The Morgan fingerprint density at radius 2 is 1.35 bits per heavy atom. The van der Waals surface area contributed by atoms with Gasteiger partial charge in [-0.25, -0.2) is 13.1 Å². The van der Waals surface area contributed by atoms with Crippen LogP contribution in [0.4, 0.5) is 0 Å². The van der Waals surface area contributed by atoms with E-state index in [0.29, 0.717) is 13.2 Å². The zero-order valence-corrected chi connectivity index (χ0v) is 20.1. The van der Waals surface area contributed by atoms with Gasteiger partial charge in [0.15, 0.2) is 0 Å². The number of benzene rings is 3. The van der Waals surface area contributed by atoms with Gasteiger partial charge >= 0.3 is 0 Å². The SMILES string of the molecule is O=C(CCNCCCc1ccc(OCCCc2ccccc2)cc1)NS(=O)(=O)c1ccccc1. The highest BCUT2D eigenvalue weighted by Gasteiger charge is 2.16. The Bertz CT molecular complexity index is 1100. The first-order valence-corrected chi connectivity index (χ1v) is 13.1. The molecule has 2 N–H and O–H groups in total. The average Bonchev–Trinajstić information content (AvgIpc) is 2.86. The maximum absolute atomic E-state index is 12.1. The lowest BCUT2D eigenvalue weighted by Gasteiger charge is -2.09. The van der Waals surface area contributed by atoms with Crippen molar-refractivity contribution in [1.29, 1.82) is 0 Å². The molecule has 3 aromatic carbocycles. The van der Waals surface area contributed by atoms with Crippen LogP contribution >= 0.6 is 0 Å². The normalized spacial score (nSPS) is 11.2. The standard InChI is InChI=1S/C27H32N2O4S/c30-27(29-34(31,32)26-13-5-2-6-14-26)19-21-28-20-7-11-24-15-17-25(18-16-24)33-22-8-12-23-9-3-1-4-10-23/h1-6,9-10,13-18,28H,7-8,11-12,19-22H2,(H,29,30). The fraction of sp³-hybridized carbons (Fsp3) is 0.296. The van der Waals surface area contributed by atoms with Crippen molar-refractivity contribution in [3.05, 3.63) is 96.1 Å². The molecule has 7 heteroatoms. The van der Waals surface area contributed by atoms with Crippen LogP contribution in [-0.2, 0) is 27.7 Å². The molecule has 3 aromatic rings. The second-order valence-electron chi connectivity index (χ2n) is 8.03. The molecular weight excluding hydrogens is 448 g/mol. The van der Waals surface area contributed by atoms with Gasteiger partial charge in [-0.3, -0.25) is 4.79 Å². The molecule has 0 heterocycles. The van der Waals surface area contributed by atoms with Gasteiger partial charge in [0.2, 0.25) is 5.91 Å². The molecule has 0 saturated carbocycles. The van der Waals surface area contributed by atoms with Crippen molar-refractivity contribution >= 4 is 15.9 Å². The number of hydrogen-bond acceptors (Lipinski definition) is 5. The number of sulfonamides is 1. The van der Waals surface area contributed by atoms with E-state index in [1.54, 1.807) is 18.2 Å². The lowest BCUT2D eigenvalue weighted by Crippen LogP contribution is -2.33. The first kappa shape index (κ1) is 25.5. The predicted molar refractivity (Wildman–Crippen MR) is 134 cm³/mol. The second-order valence-corrected chi connectivity index (χ2v) is 9.71. The third-order valence-corrected chi connectivity index (χ3v) is 6.68. The number of rotatable bonds is 14. The molecule has 0 saturated heterocycles. The van der Waals surface area contributed by atoms with Crippen molar-refractivity contribution < 1.29 is 17.9 Å². The van der Waals surface area contributed by atoms with Gasteiger partial charge < -0.3 is 10.1 Å². The lowest BCUT2D eigenvalue weighted by atomic mass is 10.1. The largest absolute Gasteiger partial charge is 0.494 e. The van der Waals surface area contributed by atoms with Gasteiger partial charge in [0, 0.05) is 13.0 Å². The molecule has 3 rings (SSSR count). The summed E-state index contributed by atoms with van der Waals surface area (Å²) < 4.78 is 32.2. The van der Waals surface area contributed by atoms with Crippen LogP contribution < -0.4 is 14.8 Å². The van der Waals surface area contributed by atoms with Crippen molar-refractivity contribution in [3.63, 3.8) is 0 Å². The highest BCUT2D eigenvalue weighted by Crippen LogP contribution is 2.14. The highest BCUT2D eigenvalue weighted by molar-refractivity contribution is 7.90. The zero-order chi connectivity index (χ0) is 24.1. The quantitative estimate of drug-likeness (QED) is 0.339. The van der Waals surface area contributed by atoms with E-state index in [1.807, 2.05) is 18.2 Å². The second kappa shape index (κ2) is 13.5. The Morgan fingerprint density at radius 1 is 0.735 bits per heavy atom. The Balaban J connectivity index is 1.25. The lowest BCUT2D eigenvalue weighted by molar-refractivity contribution is -0.119. The van der Waals surface area contributed by atoms with Crippen LogP contribution in [0, 0.1) is 0 Å². The number of aryl methyl sites for hydroxylation is 2. The molecular formula is C27H32N2O4S. The third kappa shape index (κ3) is 9.00. The van der Waals surface area contributed by atoms with E-state index in [4.69, 9.17) is 4.74 Å². The summed E-state index contributed by atoms with van der Waals surface area (Å²) >= 11 is 0. The maximum Gasteiger partial charge on any atom is 0.264 e. The first-order chi connectivity index (χ1) is 16.5. The Labute approximate surface area is 202 Å². The zero-order valence-electron chi connectivity index (χ0n) is 19.3. The van der Waals surface area contributed by atoms with Crippen molar-refractivity contribution in [2.24, 2.45) is 0 Å². The van der Waals surface area contributed by atoms with Gasteiger partial charge in [-0.15, -0.1) is 0 Å². The van der Waals surface area contributed by atoms with E-state index in [1.165, 1.54) is 23.3 Å². The highest BCUT2D eigenvalue weighted by atomic mass is 32.2. The molecule has 0 unspecified atom stereocenters. The summed E-state index contributed by atoms with van der Waals surface area (Å²) in [5.74, 6) is 0.363. The van der Waals surface area contributed by atoms with E-state index in [9.17, 15) is 13.2 Å². The summed E-state index contributed by atoms with van der Waals surface area (Å²) in [6, 6.07) is 26.4. The molecule has 1 amide bonds. The van der Waals surface area contributed by atoms with Crippen LogP contribution in [0.5, 0.6) is 5.75 Å². The fourth-order valence-corrected chi connectivity index (χ4v) is 4.50. The molecule has 0 fully saturated rings. The molecule has 0 aliphatic rings. The van der Waals surface area contributed by atoms with Gasteiger partial charge in [0.1, 0.15) is 5.75 Å². The van der Waals surface area contributed by atoms with Gasteiger partial charge in [-0.1, -0.05) is 60.7 Å². The van der Waals surface area contributed by atoms with Gasteiger partial charge in [0.05, 0.1) is 11.5 Å². The maximum atomic E-state index is 12.1. The van der Waals surface area contributed by atoms with Crippen LogP contribution in [0.15, 0.2) is 89.8 Å². The molecule has 0 radical (unpaired) electrons. The monoisotopic (exact) mass is 480 g/mol. The summed E-state index contributed by atoms with van der Waals surface area (Å²) in [6.07, 6.45) is 3.92. The summed E-state index contributed by atoms with van der Waals surface area (Å²) in [6.45, 7) is 1.86. The van der Waals surface area contributed by atoms with Crippen LogP contribution in [-0.4, -0.2) is 34.0 Å². The van der Waals surface area contributed by atoms with Crippen LogP contribution in [0.25, 0.3) is 0 Å². The van der Waals surface area contributed by atoms with Crippen LogP contribution in [0.1, 0.15) is 30.4 Å². The minimum Gasteiger partial charge on any atom is -0.494 e. The van der Waals surface area contributed by atoms with Crippen LogP contribution in [0.2, 0.25) is 0 Å². The van der Waals surface area contributed by atoms with Crippen molar-refractivity contribution in [2.45, 2.75) is 37.0 Å². The molecule has 0 aliphatic heterocycles. The predicted octanol–water partition coefficient (Wildman–Crippen LogP) is 4.12. The molecule has 0 spiro atoms. The number of carbonyl (C=O) groups excluding carboxylic acids is 1. The van der Waals surface area contributed by atoms with Crippen molar-refractivity contribution in [1.82, 2.24) is 10.0 Å². The summed E-state index contributed by atoms with van der Waals surface area (Å²) in [7, 11) is -3.80. The molecule has 180 valence electrons. The Kier molecular flexibility index (Phi) is 10.1. The minimum absolute atomic E-state index is 0.0833. The van der Waals surface area contributed by atoms with E-state index in [2.05, 4.69) is 46.4 Å². The fourth-order valence-electron chi connectivity index (χ4n) is 3.47. The third-order valence-electron chi connectivity index (χ3n) is 5.29. The van der Waals surface area contributed by atoms with E-state index in [0.717, 1.165) is 38.0 Å². The van der Waals surface area contributed by atoms with Gasteiger partial charge in [-0.2, -0.15) is 0 Å². The molecule has 0 aromatic heterocycles. The number of carbonyl (C=O) groups is 1. The number of hydrogen-bond donors (Lipinski definition) is 2. The van der Waals surface area contributed by atoms with Crippen molar-refractivity contribution in [2.75, 3.05) is 19.7 Å². The van der Waals surface area contributed by atoms with Crippen molar-refractivity contribution in [3.8, 4) is 5.75 Å². The topological polar surface area (TPSA) is 84.5 Å². The smallest absolute Gasteiger partial charge is 0.264 e. The number of ether oxygens (including phenoxy) is 1. The summed E-state index contributed by atoms with van der Waals surface area (Å²) in [4.78, 5) is 12.0. The minimum atomic E-state index is -3.80. The molecule has 34 heavy (non-hydrogen) atoms. The summed E-state index contributed by atoms with van der Waals surface area (Å²) in [5.41, 5.74) is 2.55. The van der Waals surface area contributed by atoms with E-state index >= 15 is 0 Å². The molecule has 0 atom stereocenters. The van der Waals surface area contributed by atoms with Crippen LogP contribution in [0.3, 0.4) is 0 Å². The molecule has 6 nitrogen and oxygen atoms in total. The van der Waals surface area contributed by atoms with Gasteiger partial charge in [-0.05, 0) is 67.6 Å². The van der Waals surface area contributed by atoms with E-state index < -0.39 is 15.9 Å². The van der Waals surface area contributed by atoms with E-state index in [-0.39, 0.29) is 11.3 Å². The Morgan fingerprint density at radius 3 is 2.06 bits per heavy atom. The molecule has 0 bridgehead atoms. The molecule has 0 aliphatic carbocycles. The van der Waals surface area contributed by atoms with Gasteiger partial charge in [0.25, 0.3) is 10.0 Å².